The molecule has 0 spiro atoms. The van der Waals surface area contributed by atoms with Gasteiger partial charge in [-0.05, 0) is 54.4 Å². The van der Waals surface area contributed by atoms with E-state index in [0.29, 0.717) is 30.6 Å². The number of nitrogens with one attached hydrogen (secondary N) is 1. The van der Waals surface area contributed by atoms with Crippen LogP contribution in [0.3, 0.4) is 0 Å². The van der Waals surface area contributed by atoms with Gasteiger partial charge < -0.3 is 14.8 Å². The summed E-state index contributed by atoms with van der Waals surface area (Å²) in [7, 11) is 1.94. The molecule has 7 heteroatoms. The van der Waals surface area contributed by atoms with E-state index in [9.17, 15) is 14.4 Å². The van der Waals surface area contributed by atoms with Crippen LogP contribution < -0.4 is 10.2 Å². The van der Waals surface area contributed by atoms with E-state index >= 15 is 0 Å². The molecule has 3 aromatic rings. The topological polar surface area (TPSA) is 74.0 Å². The molecule has 1 amide bonds. The van der Waals surface area contributed by atoms with Gasteiger partial charge in [0.05, 0.1) is 36.2 Å². The summed E-state index contributed by atoms with van der Waals surface area (Å²) in [5.41, 5.74) is 4.13. The molecular weight excluding hydrogens is 369 g/mol. The predicted octanol–water partition coefficient (Wildman–Crippen LogP) is 2.79. The summed E-state index contributed by atoms with van der Waals surface area (Å²) in [4.78, 5) is 19.0. The van der Waals surface area contributed by atoms with Crippen LogP contribution in [0, 0.1) is 17.1 Å². The van der Waals surface area contributed by atoms with Gasteiger partial charge in [-0.25, -0.2) is 9.37 Å². The average molecular weight is 389 g/mol. The lowest BCUT2D eigenvalue weighted by Gasteiger charge is -2.36. The molecule has 1 aromatic heterocycles. The normalized spacial score (nSPS) is 15.5. The number of benzene rings is 2. The Morgan fingerprint density at radius 1 is 1.31 bits per heavy atom. The lowest BCUT2D eigenvalue weighted by molar-refractivity contribution is 0.0937. The second-order valence-corrected chi connectivity index (χ2v) is 7.21. The second kappa shape index (κ2) is 7.76. The third kappa shape index (κ3) is 3.97. The van der Waals surface area contributed by atoms with E-state index in [1.807, 2.05) is 36.0 Å². The van der Waals surface area contributed by atoms with Gasteiger partial charge in [0.25, 0.3) is 5.91 Å². The number of anilines is 1. The van der Waals surface area contributed by atoms with Gasteiger partial charge in [-0.15, -0.1) is 0 Å². The number of hydrogen-bond acceptors (Lipinski definition) is 4. The van der Waals surface area contributed by atoms with Crippen molar-refractivity contribution in [2.45, 2.75) is 19.0 Å². The monoisotopic (exact) mass is 389 g/mol. The van der Waals surface area contributed by atoms with Crippen LogP contribution in [0.4, 0.5) is 10.1 Å². The molecule has 2 heterocycles. The Morgan fingerprint density at radius 2 is 2.10 bits per heavy atom. The van der Waals surface area contributed by atoms with Gasteiger partial charge >= 0.3 is 0 Å². The number of aryl methyl sites for hydroxylation is 1. The number of aromatic nitrogens is 2. The fourth-order valence-corrected chi connectivity index (χ4v) is 3.67. The number of carbonyl (C=O) groups is 1. The van der Waals surface area contributed by atoms with Crippen LogP contribution in [-0.4, -0.2) is 28.0 Å². The van der Waals surface area contributed by atoms with E-state index in [-0.39, 0.29) is 17.8 Å². The molecule has 1 N–H and O–H groups in total. The number of rotatable bonds is 4. The fourth-order valence-electron chi connectivity index (χ4n) is 3.67. The highest BCUT2D eigenvalue weighted by Crippen LogP contribution is 2.29. The molecule has 0 saturated heterocycles. The number of halogens is 1. The SMILES string of the molecule is Cn1cncc1CN1CC(NC(=O)c2ccc(F)cc2)Cc2cc(C#N)ccc21. The Labute approximate surface area is 168 Å². The van der Waals surface area contributed by atoms with Crippen molar-refractivity contribution in [2.24, 2.45) is 7.05 Å². The third-order valence-corrected chi connectivity index (χ3v) is 5.17. The van der Waals surface area contributed by atoms with E-state index in [1.165, 1.54) is 24.3 Å². The molecule has 0 bridgehead atoms. The first-order valence-electron chi connectivity index (χ1n) is 9.33. The quantitative estimate of drug-likeness (QED) is 0.745. The largest absolute Gasteiger partial charge is 0.363 e. The summed E-state index contributed by atoms with van der Waals surface area (Å²) in [6, 6.07) is 13.2. The van der Waals surface area contributed by atoms with Crippen molar-refractivity contribution in [1.29, 1.82) is 5.26 Å². The zero-order valence-corrected chi connectivity index (χ0v) is 16.0. The Balaban J connectivity index is 1.59. The molecule has 2 aromatic carbocycles. The number of imidazole rings is 1. The number of nitrogens with zero attached hydrogens (tertiary/aromatic N) is 4. The maximum atomic E-state index is 13.1. The van der Waals surface area contributed by atoms with Gasteiger partial charge in [0.1, 0.15) is 5.82 Å². The maximum absolute atomic E-state index is 13.1. The second-order valence-electron chi connectivity index (χ2n) is 7.21. The first kappa shape index (κ1) is 18.7. The zero-order valence-electron chi connectivity index (χ0n) is 16.0. The Hall–Kier alpha value is -3.66. The van der Waals surface area contributed by atoms with E-state index in [2.05, 4.69) is 21.3 Å². The molecule has 1 unspecified atom stereocenters. The summed E-state index contributed by atoms with van der Waals surface area (Å²) < 4.78 is 15.1. The van der Waals surface area contributed by atoms with E-state index in [1.54, 1.807) is 6.33 Å². The lowest BCUT2D eigenvalue weighted by atomic mass is 9.95. The van der Waals surface area contributed by atoms with Gasteiger partial charge in [0.2, 0.25) is 0 Å². The molecular formula is C22H20FN5O. The van der Waals surface area contributed by atoms with Crippen LogP contribution >= 0.6 is 0 Å². The first-order chi connectivity index (χ1) is 14.0. The van der Waals surface area contributed by atoms with E-state index in [0.717, 1.165) is 16.9 Å². The molecule has 0 radical (unpaired) electrons. The van der Waals surface area contributed by atoms with Gasteiger partial charge in [0, 0.05) is 31.0 Å². The average Bonchev–Trinajstić information content (AvgIpc) is 3.12. The molecule has 0 aliphatic carbocycles. The molecule has 0 fully saturated rings. The molecule has 1 aliphatic heterocycles. The molecule has 0 saturated carbocycles. The maximum Gasteiger partial charge on any atom is 0.251 e. The Bertz CT molecular complexity index is 1080. The molecule has 6 nitrogen and oxygen atoms in total. The van der Waals surface area contributed by atoms with Crippen molar-refractivity contribution >= 4 is 11.6 Å². The summed E-state index contributed by atoms with van der Waals surface area (Å²) in [6.07, 6.45) is 4.20. The van der Waals surface area contributed by atoms with Crippen molar-refractivity contribution in [3.05, 3.63) is 83.2 Å². The number of hydrogen-bond donors (Lipinski definition) is 1. The highest BCUT2D eigenvalue weighted by molar-refractivity contribution is 5.94. The molecule has 4 rings (SSSR count). The molecule has 1 atom stereocenters. The standard InChI is InChI=1S/C22H20FN5O/c1-27-14-25-11-20(27)13-28-12-19(9-17-8-15(10-24)2-7-21(17)28)26-22(29)16-3-5-18(23)6-4-16/h2-8,11,14,19H,9,12-13H2,1H3,(H,26,29). The first-order valence-corrected chi connectivity index (χ1v) is 9.33. The minimum absolute atomic E-state index is 0.137. The lowest BCUT2D eigenvalue weighted by Crippen LogP contribution is -2.48. The highest BCUT2D eigenvalue weighted by Gasteiger charge is 2.27. The third-order valence-electron chi connectivity index (χ3n) is 5.17. The molecule has 1 aliphatic rings. The zero-order chi connectivity index (χ0) is 20.4. The fraction of sp³-hybridized carbons (Fsp3) is 0.227. The van der Waals surface area contributed by atoms with Gasteiger partial charge in [-0.2, -0.15) is 5.26 Å². The van der Waals surface area contributed by atoms with Crippen LogP contribution in [0.1, 0.15) is 27.2 Å². The highest BCUT2D eigenvalue weighted by atomic mass is 19.1. The number of carbonyl (C=O) groups excluding carboxylic acids is 1. The van der Waals surface area contributed by atoms with Gasteiger partial charge in [0.15, 0.2) is 0 Å². The van der Waals surface area contributed by atoms with Crippen LogP contribution in [0.5, 0.6) is 0 Å². The smallest absolute Gasteiger partial charge is 0.251 e. The van der Waals surface area contributed by atoms with Crippen LogP contribution in [0.2, 0.25) is 0 Å². The Kier molecular flexibility index (Phi) is 5.00. The van der Waals surface area contributed by atoms with Crippen molar-refractivity contribution < 1.29 is 9.18 Å². The number of amides is 1. The van der Waals surface area contributed by atoms with E-state index in [4.69, 9.17) is 0 Å². The molecule has 29 heavy (non-hydrogen) atoms. The van der Waals surface area contributed by atoms with Crippen molar-refractivity contribution in [3.63, 3.8) is 0 Å². The van der Waals surface area contributed by atoms with Crippen LogP contribution in [0.25, 0.3) is 0 Å². The Morgan fingerprint density at radius 3 is 2.79 bits per heavy atom. The number of nitriles is 1. The minimum Gasteiger partial charge on any atom is -0.363 e. The predicted molar refractivity (Wildman–Crippen MR) is 107 cm³/mol. The van der Waals surface area contributed by atoms with Gasteiger partial charge in [-0.3, -0.25) is 4.79 Å². The van der Waals surface area contributed by atoms with Crippen molar-refractivity contribution in [2.75, 3.05) is 11.4 Å². The van der Waals surface area contributed by atoms with Crippen molar-refractivity contribution in [1.82, 2.24) is 14.9 Å². The van der Waals surface area contributed by atoms with E-state index < -0.39 is 0 Å². The molecule has 146 valence electrons. The summed E-state index contributed by atoms with van der Waals surface area (Å²) in [6.45, 7) is 1.26. The van der Waals surface area contributed by atoms with Crippen LogP contribution in [-0.2, 0) is 20.0 Å². The summed E-state index contributed by atoms with van der Waals surface area (Å²) in [5, 5.41) is 12.3. The summed E-state index contributed by atoms with van der Waals surface area (Å²) in [5.74, 6) is -0.616. The minimum atomic E-state index is -0.375. The van der Waals surface area contributed by atoms with Gasteiger partial charge in [-0.1, -0.05) is 0 Å². The number of fused-ring (bicyclic) bond motifs is 1. The van der Waals surface area contributed by atoms with Crippen molar-refractivity contribution in [3.8, 4) is 6.07 Å². The summed E-state index contributed by atoms with van der Waals surface area (Å²) >= 11 is 0. The van der Waals surface area contributed by atoms with Crippen LogP contribution in [0.15, 0.2) is 55.0 Å².